The number of ether oxygens (including phenoxy) is 1. The van der Waals surface area contributed by atoms with E-state index in [1.807, 2.05) is 20.8 Å². The Bertz CT molecular complexity index is 224. The van der Waals surface area contributed by atoms with E-state index in [-0.39, 0.29) is 18.6 Å². The second-order valence-electron chi connectivity index (χ2n) is 3.37. The summed E-state index contributed by atoms with van der Waals surface area (Å²) in [5, 5.41) is 2.71. The maximum Gasteiger partial charge on any atom is 0.247 e. The first-order valence-electron chi connectivity index (χ1n) is 4.61. The third-order valence-electron chi connectivity index (χ3n) is 1.88. The van der Waals surface area contributed by atoms with Crippen LogP contribution in [0, 0.1) is 5.92 Å². The molecule has 0 saturated heterocycles. The highest BCUT2D eigenvalue weighted by Gasteiger charge is 2.25. The zero-order valence-corrected chi connectivity index (χ0v) is 8.33. The molecule has 0 aromatic carbocycles. The van der Waals surface area contributed by atoms with Crippen LogP contribution in [-0.2, 0) is 9.53 Å². The molecule has 74 valence electrons. The molecule has 0 radical (unpaired) electrons. The van der Waals surface area contributed by atoms with Crippen LogP contribution >= 0.6 is 0 Å². The number of rotatable bonds is 4. The molecule has 1 N–H and O–H groups in total. The lowest BCUT2D eigenvalue weighted by molar-refractivity contribution is -0.117. The first-order valence-corrected chi connectivity index (χ1v) is 4.61. The highest BCUT2D eigenvalue weighted by molar-refractivity contribution is 6.06. The molecule has 1 rings (SSSR count). The van der Waals surface area contributed by atoms with Gasteiger partial charge in [-0.3, -0.25) is 9.79 Å². The molecule has 0 saturated carbocycles. The number of nitrogens with one attached hydrogen (secondary N) is 1. The summed E-state index contributed by atoms with van der Waals surface area (Å²) < 4.78 is 5.49. The van der Waals surface area contributed by atoms with E-state index in [0.29, 0.717) is 18.4 Å². The summed E-state index contributed by atoms with van der Waals surface area (Å²) in [5.74, 6) is 0.972. The molecule has 4 heteroatoms. The van der Waals surface area contributed by atoms with Gasteiger partial charge in [0, 0.05) is 6.61 Å². The molecule has 0 aromatic heterocycles. The normalized spacial score (nSPS) is 18.8. The van der Waals surface area contributed by atoms with Crippen molar-refractivity contribution in [1.29, 1.82) is 0 Å². The first-order chi connectivity index (χ1) is 6.15. The van der Waals surface area contributed by atoms with Gasteiger partial charge in [-0.2, -0.15) is 0 Å². The van der Waals surface area contributed by atoms with Gasteiger partial charge in [0.05, 0.1) is 0 Å². The fourth-order valence-corrected chi connectivity index (χ4v) is 1.31. The molecular weight excluding hydrogens is 168 g/mol. The second kappa shape index (κ2) is 4.37. The van der Waals surface area contributed by atoms with Crippen molar-refractivity contribution in [2.75, 3.05) is 13.2 Å². The Hall–Kier alpha value is -0.900. The number of hydrogen-bond acceptors (Lipinski definition) is 3. The van der Waals surface area contributed by atoms with Crippen LogP contribution in [0.5, 0.6) is 0 Å². The molecule has 4 nitrogen and oxygen atoms in total. The molecule has 13 heavy (non-hydrogen) atoms. The maximum atomic E-state index is 10.9. The van der Waals surface area contributed by atoms with Gasteiger partial charge in [-0.05, 0) is 12.8 Å². The number of carbonyl (C=O) groups is 1. The molecule has 0 aromatic rings. The lowest BCUT2D eigenvalue weighted by Crippen LogP contribution is -2.39. The van der Waals surface area contributed by atoms with E-state index in [1.54, 1.807) is 0 Å². The summed E-state index contributed by atoms with van der Waals surface area (Å²) in [6.07, 6.45) is -0.0727. The quantitative estimate of drug-likeness (QED) is 0.694. The Balaban J connectivity index is 2.60. The topological polar surface area (TPSA) is 50.7 Å². The third-order valence-corrected chi connectivity index (χ3v) is 1.88. The van der Waals surface area contributed by atoms with Gasteiger partial charge in [-0.25, -0.2) is 0 Å². The van der Waals surface area contributed by atoms with Crippen molar-refractivity contribution in [3.05, 3.63) is 0 Å². The summed E-state index contributed by atoms with van der Waals surface area (Å²) >= 11 is 0. The largest absolute Gasteiger partial charge is 0.370 e. The summed E-state index contributed by atoms with van der Waals surface area (Å²) in [5.41, 5.74) is 0. The van der Waals surface area contributed by atoms with Gasteiger partial charge in [0.15, 0.2) is 0 Å². The minimum atomic E-state index is -0.0727. The number of nitrogens with zero attached hydrogens (tertiary/aromatic N) is 1. The van der Waals surface area contributed by atoms with Gasteiger partial charge in [0.1, 0.15) is 18.5 Å². The number of amidine groups is 1. The molecule has 1 amide bonds. The summed E-state index contributed by atoms with van der Waals surface area (Å²) in [6.45, 7) is 6.91. The Morgan fingerprint density at radius 2 is 2.31 bits per heavy atom. The SMILES string of the molecule is CCOC(C1=NCC(=O)N1)C(C)C. The fraction of sp³-hybridized carbons (Fsp3) is 0.778. The van der Waals surface area contributed by atoms with Crippen molar-refractivity contribution < 1.29 is 9.53 Å². The van der Waals surface area contributed by atoms with E-state index in [9.17, 15) is 4.79 Å². The molecule has 0 bridgehead atoms. The predicted octanol–water partition coefficient (Wildman–Crippen LogP) is 0.576. The summed E-state index contributed by atoms with van der Waals surface area (Å²) in [6, 6.07) is 0. The van der Waals surface area contributed by atoms with Crippen LogP contribution in [0.15, 0.2) is 4.99 Å². The predicted molar refractivity (Wildman–Crippen MR) is 50.7 cm³/mol. The van der Waals surface area contributed by atoms with Crippen molar-refractivity contribution in [3.8, 4) is 0 Å². The standard InChI is InChI=1S/C9H16N2O2/c1-4-13-8(6(2)3)9-10-5-7(12)11-9/h6,8H,4-5H2,1-3H3,(H,10,11,12). The first kappa shape index (κ1) is 10.2. The third kappa shape index (κ3) is 2.52. The van der Waals surface area contributed by atoms with E-state index >= 15 is 0 Å². The van der Waals surface area contributed by atoms with Gasteiger partial charge in [-0.1, -0.05) is 13.8 Å². The molecule has 1 atom stereocenters. The molecule has 1 heterocycles. The van der Waals surface area contributed by atoms with Gasteiger partial charge in [-0.15, -0.1) is 0 Å². The Morgan fingerprint density at radius 1 is 1.62 bits per heavy atom. The second-order valence-corrected chi connectivity index (χ2v) is 3.37. The van der Waals surface area contributed by atoms with Crippen molar-refractivity contribution >= 4 is 11.7 Å². The number of carbonyl (C=O) groups excluding carboxylic acids is 1. The summed E-state index contributed by atoms with van der Waals surface area (Å²) in [4.78, 5) is 15.0. The molecule has 1 aliphatic heterocycles. The molecule has 1 aliphatic rings. The zero-order chi connectivity index (χ0) is 9.84. The van der Waals surface area contributed by atoms with Crippen LogP contribution in [0.4, 0.5) is 0 Å². The average Bonchev–Trinajstić information content (AvgIpc) is 2.46. The summed E-state index contributed by atoms with van der Waals surface area (Å²) in [7, 11) is 0. The smallest absolute Gasteiger partial charge is 0.247 e. The number of hydrogen-bond donors (Lipinski definition) is 1. The average molecular weight is 184 g/mol. The van der Waals surface area contributed by atoms with E-state index in [4.69, 9.17) is 4.74 Å². The van der Waals surface area contributed by atoms with E-state index in [1.165, 1.54) is 0 Å². The number of aliphatic imine (C=N–C) groups is 1. The Kier molecular flexibility index (Phi) is 3.42. The number of amides is 1. The Labute approximate surface area is 78.4 Å². The van der Waals surface area contributed by atoms with Crippen molar-refractivity contribution in [2.24, 2.45) is 10.9 Å². The maximum absolute atomic E-state index is 10.9. The van der Waals surface area contributed by atoms with Crippen LogP contribution in [-0.4, -0.2) is 31.0 Å². The van der Waals surface area contributed by atoms with Crippen molar-refractivity contribution in [1.82, 2.24) is 5.32 Å². The molecule has 1 unspecified atom stereocenters. The lowest BCUT2D eigenvalue weighted by atomic mass is 10.1. The minimum Gasteiger partial charge on any atom is -0.370 e. The van der Waals surface area contributed by atoms with Gasteiger partial charge in [0.25, 0.3) is 0 Å². The lowest BCUT2D eigenvalue weighted by Gasteiger charge is -2.20. The monoisotopic (exact) mass is 184 g/mol. The zero-order valence-electron chi connectivity index (χ0n) is 8.33. The molecule has 0 fully saturated rings. The van der Waals surface area contributed by atoms with E-state index < -0.39 is 0 Å². The van der Waals surface area contributed by atoms with Gasteiger partial charge >= 0.3 is 0 Å². The molecule has 0 aliphatic carbocycles. The minimum absolute atomic E-state index is 0.0413. The van der Waals surface area contributed by atoms with E-state index in [2.05, 4.69) is 10.3 Å². The van der Waals surface area contributed by atoms with Crippen LogP contribution in [0.3, 0.4) is 0 Å². The van der Waals surface area contributed by atoms with Gasteiger partial charge < -0.3 is 10.1 Å². The fourth-order valence-electron chi connectivity index (χ4n) is 1.31. The van der Waals surface area contributed by atoms with E-state index in [0.717, 1.165) is 0 Å². The molecular formula is C9H16N2O2. The van der Waals surface area contributed by atoms with Crippen molar-refractivity contribution in [3.63, 3.8) is 0 Å². The Morgan fingerprint density at radius 3 is 2.69 bits per heavy atom. The highest BCUT2D eigenvalue weighted by Crippen LogP contribution is 2.09. The molecule has 0 spiro atoms. The van der Waals surface area contributed by atoms with Crippen LogP contribution in [0.25, 0.3) is 0 Å². The van der Waals surface area contributed by atoms with Gasteiger partial charge in [0.2, 0.25) is 5.91 Å². The van der Waals surface area contributed by atoms with Crippen LogP contribution < -0.4 is 5.32 Å². The van der Waals surface area contributed by atoms with Crippen LogP contribution in [0.1, 0.15) is 20.8 Å². The highest BCUT2D eigenvalue weighted by atomic mass is 16.5. The van der Waals surface area contributed by atoms with Crippen molar-refractivity contribution in [2.45, 2.75) is 26.9 Å². The van der Waals surface area contributed by atoms with Crippen LogP contribution in [0.2, 0.25) is 0 Å².